The molecule has 1 aromatic carbocycles. The Bertz CT molecular complexity index is 578. The SMILES string of the molecule is CCCCNS(=O)(=O)c1ccc([C@@H]2[C@@H](CO)C2(C)C)cc1. The fourth-order valence-electron chi connectivity index (χ4n) is 3.07. The lowest BCUT2D eigenvalue weighted by atomic mass is 10.0. The molecule has 0 radical (unpaired) electrons. The average Bonchev–Trinajstić information content (AvgIpc) is 3.00. The third kappa shape index (κ3) is 3.30. The molecule has 1 fully saturated rings. The Labute approximate surface area is 127 Å². The van der Waals surface area contributed by atoms with Crippen molar-refractivity contribution in [1.82, 2.24) is 4.72 Å². The molecule has 1 saturated carbocycles. The largest absolute Gasteiger partial charge is 0.396 e. The summed E-state index contributed by atoms with van der Waals surface area (Å²) in [6.07, 6.45) is 1.80. The van der Waals surface area contributed by atoms with E-state index in [1.165, 1.54) is 0 Å². The van der Waals surface area contributed by atoms with Crippen LogP contribution in [-0.4, -0.2) is 26.7 Å². The first kappa shape index (κ1) is 16.5. The van der Waals surface area contributed by atoms with Crippen molar-refractivity contribution >= 4 is 10.0 Å². The Morgan fingerprint density at radius 2 is 1.86 bits per heavy atom. The molecule has 118 valence electrons. The zero-order valence-corrected chi connectivity index (χ0v) is 13.8. The molecule has 2 N–H and O–H groups in total. The minimum absolute atomic E-state index is 0.0918. The maximum Gasteiger partial charge on any atom is 0.240 e. The van der Waals surface area contributed by atoms with Gasteiger partial charge in [-0.15, -0.1) is 0 Å². The van der Waals surface area contributed by atoms with E-state index in [0.717, 1.165) is 18.4 Å². The van der Waals surface area contributed by atoms with Crippen LogP contribution in [0.5, 0.6) is 0 Å². The van der Waals surface area contributed by atoms with Crippen LogP contribution in [0, 0.1) is 11.3 Å². The van der Waals surface area contributed by atoms with Crippen LogP contribution in [-0.2, 0) is 10.0 Å². The van der Waals surface area contributed by atoms with E-state index in [4.69, 9.17) is 0 Å². The second kappa shape index (κ2) is 6.07. The standard InChI is InChI=1S/C16H25NO3S/c1-4-5-10-17-21(19,20)13-8-6-12(7-9-13)15-14(11-18)16(15,2)3/h6-9,14-15,17-18H,4-5,10-11H2,1-3H3/t14-,15-/m1/s1. The summed E-state index contributed by atoms with van der Waals surface area (Å²) >= 11 is 0. The van der Waals surface area contributed by atoms with Crippen molar-refractivity contribution in [2.24, 2.45) is 11.3 Å². The van der Waals surface area contributed by atoms with Crippen LogP contribution in [0.4, 0.5) is 0 Å². The quantitative estimate of drug-likeness (QED) is 0.760. The molecule has 0 amide bonds. The van der Waals surface area contributed by atoms with E-state index >= 15 is 0 Å². The topological polar surface area (TPSA) is 66.4 Å². The molecule has 1 aliphatic carbocycles. The highest BCUT2D eigenvalue weighted by Gasteiger charge is 2.57. The summed E-state index contributed by atoms with van der Waals surface area (Å²) in [4.78, 5) is 0.307. The molecule has 5 heteroatoms. The van der Waals surface area contributed by atoms with Crippen LogP contribution in [0.3, 0.4) is 0 Å². The third-order valence-electron chi connectivity index (χ3n) is 4.62. The van der Waals surface area contributed by atoms with Gasteiger partial charge in [0.25, 0.3) is 0 Å². The zero-order valence-electron chi connectivity index (χ0n) is 13.0. The average molecular weight is 311 g/mol. The van der Waals surface area contributed by atoms with E-state index in [1.807, 2.05) is 19.1 Å². The van der Waals surface area contributed by atoms with Crippen LogP contribution >= 0.6 is 0 Å². The highest BCUT2D eigenvalue weighted by molar-refractivity contribution is 7.89. The van der Waals surface area contributed by atoms with Crippen LogP contribution in [0.25, 0.3) is 0 Å². The molecule has 2 atom stereocenters. The van der Waals surface area contributed by atoms with E-state index in [2.05, 4.69) is 18.6 Å². The first-order chi connectivity index (χ1) is 9.84. The zero-order chi connectivity index (χ0) is 15.7. The lowest BCUT2D eigenvalue weighted by Gasteiger charge is -2.08. The van der Waals surface area contributed by atoms with Crippen molar-refractivity contribution in [2.45, 2.75) is 44.4 Å². The van der Waals surface area contributed by atoms with E-state index in [0.29, 0.717) is 17.4 Å². The van der Waals surface area contributed by atoms with Crippen molar-refractivity contribution in [3.8, 4) is 0 Å². The van der Waals surface area contributed by atoms with Crippen molar-refractivity contribution < 1.29 is 13.5 Å². The second-order valence-electron chi connectivity index (χ2n) is 6.41. The summed E-state index contributed by atoms with van der Waals surface area (Å²) in [5, 5.41) is 9.37. The molecule has 1 aliphatic rings. The highest BCUT2D eigenvalue weighted by atomic mass is 32.2. The number of aliphatic hydroxyl groups is 1. The molecule has 21 heavy (non-hydrogen) atoms. The molecule has 0 heterocycles. The molecule has 0 unspecified atom stereocenters. The summed E-state index contributed by atoms with van der Waals surface area (Å²) in [6.45, 7) is 6.95. The summed E-state index contributed by atoms with van der Waals surface area (Å²) < 4.78 is 26.8. The first-order valence-corrected chi connectivity index (χ1v) is 9.03. The fraction of sp³-hybridized carbons (Fsp3) is 0.625. The molecule has 2 rings (SSSR count). The molecule has 0 bridgehead atoms. The monoisotopic (exact) mass is 311 g/mol. The van der Waals surface area contributed by atoms with Crippen LogP contribution in [0.15, 0.2) is 29.2 Å². The Hall–Kier alpha value is -0.910. The molecule has 0 aromatic heterocycles. The molecular weight excluding hydrogens is 286 g/mol. The maximum atomic E-state index is 12.1. The number of hydrogen-bond donors (Lipinski definition) is 2. The Morgan fingerprint density at radius 1 is 1.24 bits per heavy atom. The minimum atomic E-state index is -3.40. The van der Waals surface area contributed by atoms with E-state index in [-0.39, 0.29) is 17.9 Å². The van der Waals surface area contributed by atoms with Gasteiger partial charge in [0.05, 0.1) is 4.90 Å². The Kier molecular flexibility index (Phi) is 4.76. The Morgan fingerprint density at radius 3 is 2.33 bits per heavy atom. The molecule has 4 nitrogen and oxygen atoms in total. The predicted octanol–water partition coefficient (Wildman–Crippen LogP) is 2.50. The molecule has 0 saturated heterocycles. The molecule has 1 aromatic rings. The van der Waals surface area contributed by atoms with Gasteiger partial charge in [-0.2, -0.15) is 0 Å². The molecular formula is C16H25NO3S. The van der Waals surface area contributed by atoms with Crippen molar-refractivity contribution in [2.75, 3.05) is 13.2 Å². The highest BCUT2D eigenvalue weighted by Crippen LogP contribution is 2.63. The van der Waals surface area contributed by atoms with Gasteiger partial charge >= 0.3 is 0 Å². The third-order valence-corrected chi connectivity index (χ3v) is 6.10. The van der Waals surface area contributed by atoms with Crippen LogP contribution in [0.1, 0.15) is 45.1 Å². The molecule has 0 aliphatic heterocycles. The summed E-state index contributed by atoms with van der Waals surface area (Å²) in [7, 11) is -3.40. The van der Waals surface area contributed by atoms with Gasteiger partial charge in [0, 0.05) is 13.2 Å². The van der Waals surface area contributed by atoms with Gasteiger partial charge in [0.2, 0.25) is 10.0 Å². The van der Waals surface area contributed by atoms with E-state index in [1.54, 1.807) is 12.1 Å². The maximum absolute atomic E-state index is 12.1. The first-order valence-electron chi connectivity index (χ1n) is 7.55. The predicted molar refractivity (Wildman–Crippen MR) is 83.6 cm³/mol. The van der Waals surface area contributed by atoms with Crippen molar-refractivity contribution in [3.63, 3.8) is 0 Å². The Balaban J connectivity index is 2.10. The van der Waals surface area contributed by atoms with Crippen molar-refractivity contribution in [3.05, 3.63) is 29.8 Å². The van der Waals surface area contributed by atoms with Crippen molar-refractivity contribution in [1.29, 1.82) is 0 Å². The second-order valence-corrected chi connectivity index (χ2v) is 8.18. The fourth-order valence-corrected chi connectivity index (χ4v) is 4.14. The van der Waals surface area contributed by atoms with E-state index < -0.39 is 10.0 Å². The number of hydrogen-bond acceptors (Lipinski definition) is 3. The number of unbranched alkanes of at least 4 members (excludes halogenated alkanes) is 1. The van der Waals surface area contributed by atoms with Crippen LogP contribution in [0.2, 0.25) is 0 Å². The van der Waals surface area contributed by atoms with Gasteiger partial charge in [-0.25, -0.2) is 13.1 Å². The summed E-state index contributed by atoms with van der Waals surface area (Å²) in [5.41, 5.74) is 1.20. The molecule has 0 spiro atoms. The van der Waals surface area contributed by atoms with Gasteiger partial charge in [0.1, 0.15) is 0 Å². The van der Waals surface area contributed by atoms with E-state index in [9.17, 15) is 13.5 Å². The number of rotatable bonds is 7. The van der Waals surface area contributed by atoms with Gasteiger partial charge in [-0.05, 0) is 41.4 Å². The summed E-state index contributed by atoms with van der Waals surface area (Å²) in [5.74, 6) is 0.579. The van der Waals surface area contributed by atoms with Gasteiger partial charge in [-0.3, -0.25) is 0 Å². The van der Waals surface area contributed by atoms with Gasteiger partial charge < -0.3 is 5.11 Å². The smallest absolute Gasteiger partial charge is 0.240 e. The summed E-state index contributed by atoms with van der Waals surface area (Å²) in [6, 6.07) is 7.06. The van der Waals surface area contributed by atoms with Crippen LogP contribution < -0.4 is 4.72 Å². The minimum Gasteiger partial charge on any atom is -0.396 e. The normalized spacial score (nSPS) is 24.0. The number of sulfonamides is 1. The lowest BCUT2D eigenvalue weighted by molar-refractivity contribution is 0.256. The van der Waals surface area contributed by atoms with Gasteiger partial charge in [0.15, 0.2) is 0 Å². The number of nitrogens with one attached hydrogen (secondary N) is 1. The number of aliphatic hydroxyl groups excluding tert-OH is 1. The lowest BCUT2D eigenvalue weighted by Crippen LogP contribution is -2.24. The van der Waals surface area contributed by atoms with Gasteiger partial charge in [-0.1, -0.05) is 39.3 Å². The number of benzene rings is 1.